The summed E-state index contributed by atoms with van der Waals surface area (Å²) in [6, 6.07) is 17.2. The topological polar surface area (TPSA) is 46.4 Å². The van der Waals surface area contributed by atoms with E-state index in [1.807, 2.05) is 31.2 Å². The maximum Gasteiger partial charge on any atom is 0.231 e. The molecule has 0 saturated carbocycles. The normalized spacial score (nSPS) is 16.8. The molecule has 4 nitrogen and oxygen atoms in total. The number of benzene rings is 2. The van der Waals surface area contributed by atoms with Crippen molar-refractivity contribution in [1.29, 1.82) is 0 Å². The smallest absolute Gasteiger partial charge is 0.231 e. The number of aromatic nitrogens is 1. The highest BCUT2D eigenvalue weighted by Gasteiger charge is 2.27. The molecular weight excluding hydrogens is 378 g/mol. The molecule has 2 aromatic carbocycles. The predicted molar refractivity (Wildman–Crippen MR) is 118 cm³/mol. The Bertz CT molecular complexity index is 980. The van der Waals surface area contributed by atoms with E-state index in [9.17, 15) is 4.79 Å². The number of amides is 1. The van der Waals surface area contributed by atoms with Crippen LogP contribution in [0.5, 0.6) is 0 Å². The number of aryl methyl sites for hydroxylation is 2. The molecule has 0 bridgehead atoms. The maximum absolute atomic E-state index is 12.3. The van der Waals surface area contributed by atoms with Crippen molar-refractivity contribution in [1.82, 2.24) is 4.98 Å². The van der Waals surface area contributed by atoms with Gasteiger partial charge in [0.25, 0.3) is 0 Å². The van der Waals surface area contributed by atoms with Crippen molar-refractivity contribution in [3.8, 4) is 0 Å². The van der Waals surface area contributed by atoms with Gasteiger partial charge in [-0.1, -0.05) is 42.0 Å². The van der Waals surface area contributed by atoms with Crippen LogP contribution in [0.15, 0.2) is 53.9 Å². The minimum absolute atomic E-state index is 0.0170. The minimum atomic E-state index is -0.0170. The van der Waals surface area contributed by atoms with Crippen LogP contribution in [0.25, 0.3) is 0 Å². The van der Waals surface area contributed by atoms with Crippen LogP contribution in [-0.2, 0) is 24.2 Å². The van der Waals surface area contributed by atoms with Crippen LogP contribution in [0, 0.1) is 6.92 Å². The molecule has 0 saturated heterocycles. The van der Waals surface area contributed by atoms with Crippen molar-refractivity contribution >= 4 is 22.9 Å². The number of hydrogen-bond donors (Lipinski definition) is 2. The zero-order valence-electron chi connectivity index (χ0n) is 17.1. The monoisotopic (exact) mass is 406 g/mol. The van der Waals surface area contributed by atoms with Crippen LogP contribution >= 0.6 is 11.3 Å². The molecule has 2 atom stereocenters. The quantitative estimate of drug-likeness (QED) is 0.655. The summed E-state index contributed by atoms with van der Waals surface area (Å²) in [4.78, 5) is 18.5. The highest BCUT2D eigenvalue weighted by molar-refractivity contribution is 7.09. The SMILES string of the molecule is Cc1ccc(NC(=O)Cc2nc(C[NH+](C)[C@@H]3CCCc4ccccc43)cs2)cc1. The van der Waals surface area contributed by atoms with E-state index >= 15 is 0 Å². The van der Waals surface area contributed by atoms with Crippen LogP contribution in [0.2, 0.25) is 0 Å². The number of hydrogen-bond acceptors (Lipinski definition) is 3. The standard InChI is InChI=1S/C24H27N3OS/c1-17-10-12-19(13-11-17)25-23(28)14-24-26-20(16-29-24)15-27(2)22-9-5-7-18-6-3-4-8-21(18)22/h3-4,6,8,10-13,16,22H,5,7,9,14-15H2,1-2H3,(H,25,28)/p+1/t22-/m1/s1. The molecular formula is C24H28N3OS+. The first-order valence-electron chi connectivity index (χ1n) is 10.3. The Balaban J connectivity index is 1.36. The number of fused-ring (bicyclic) bond motifs is 1. The van der Waals surface area contributed by atoms with E-state index in [4.69, 9.17) is 4.98 Å². The lowest BCUT2D eigenvalue weighted by molar-refractivity contribution is -0.927. The summed E-state index contributed by atoms with van der Waals surface area (Å²) < 4.78 is 0. The number of nitrogens with one attached hydrogen (secondary N) is 2. The fourth-order valence-electron chi connectivity index (χ4n) is 4.17. The van der Waals surface area contributed by atoms with Gasteiger partial charge in [0, 0.05) is 23.1 Å². The van der Waals surface area contributed by atoms with Crippen molar-refractivity contribution in [2.45, 2.75) is 45.2 Å². The zero-order valence-corrected chi connectivity index (χ0v) is 17.9. The molecule has 0 spiro atoms. The highest BCUT2D eigenvalue weighted by atomic mass is 32.1. The van der Waals surface area contributed by atoms with Gasteiger partial charge < -0.3 is 10.2 Å². The fraction of sp³-hybridized carbons (Fsp3) is 0.333. The lowest BCUT2D eigenvalue weighted by Crippen LogP contribution is -3.08. The lowest BCUT2D eigenvalue weighted by atomic mass is 9.87. The molecule has 1 aromatic heterocycles. The second kappa shape index (κ2) is 8.89. The average molecular weight is 407 g/mol. The van der Waals surface area contributed by atoms with E-state index in [-0.39, 0.29) is 5.91 Å². The van der Waals surface area contributed by atoms with Crippen molar-refractivity contribution in [2.24, 2.45) is 0 Å². The molecule has 150 valence electrons. The third kappa shape index (κ3) is 4.92. The van der Waals surface area contributed by atoms with Gasteiger partial charge in [-0.3, -0.25) is 4.79 Å². The van der Waals surface area contributed by atoms with Gasteiger partial charge in [-0.2, -0.15) is 0 Å². The van der Waals surface area contributed by atoms with E-state index in [0.717, 1.165) is 22.9 Å². The summed E-state index contributed by atoms with van der Waals surface area (Å²) in [5, 5.41) is 5.93. The van der Waals surface area contributed by atoms with Crippen LogP contribution in [-0.4, -0.2) is 17.9 Å². The number of carbonyl (C=O) groups excluding carboxylic acids is 1. The molecule has 1 amide bonds. The Morgan fingerprint density at radius 2 is 2.00 bits per heavy atom. The summed E-state index contributed by atoms with van der Waals surface area (Å²) >= 11 is 1.58. The Morgan fingerprint density at radius 3 is 2.83 bits per heavy atom. The molecule has 0 radical (unpaired) electrons. The molecule has 29 heavy (non-hydrogen) atoms. The van der Waals surface area contributed by atoms with Gasteiger partial charge in [-0.25, -0.2) is 4.98 Å². The second-order valence-corrected chi connectivity index (χ2v) is 8.93. The molecule has 3 aromatic rings. The molecule has 5 heteroatoms. The number of anilines is 1. The molecule has 1 aliphatic rings. The number of nitrogens with zero attached hydrogens (tertiary/aromatic N) is 1. The largest absolute Gasteiger partial charge is 0.326 e. The van der Waals surface area contributed by atoms with Crippen molar-refractivity contribution in [3.63, 3.8) is 0 Å². The summed E-state index contributed by atoms with van der Waals surface area (Å²) in [5.41, 5.74) is 6.07. The van der Waals surface area contributed by atoms with Crippen LogP contribution in [0.1, 0.15) is 46.3 Å². The highest BCUT2D eigenvalue weighted by Crippen LogP contribution is 2.27. The summed E-state index contributed by atoms with van der Waals surface area (Å²) in [5.74, 6) is -0.0170. The predicted octanol–water partition coefficient (Wildman–Crippen LogP) is 3.73. The third-order valence-electron chi connectivity index (χ3n) is 5.67. The van der Waals surface area contributed by atoms with Crippen molar-refractivity contribution in [3.05, 3.63) is 81.3 Å². The lowest BCUT2D eigenvalue weighted by Gasteiger charge is -2.30. The molecule has 4 rings (SSSR count). The third-order valence-corrected chi connectivity index (χ3v) is 6.57. The first kappa shape index (κ1) is 19.8. The van der Waals surface area contributed by atoms with Gasteiger partial charge >= 0.3 is 0 Å². The summed E-state index contributed by atoms with van der Waals surface area (Å²) in [6.07, 6.45) is 3.99. The van der Waals surface area contributed by atoms with E-state index in [1.54, 1.807) is 11.3 Å². The van der Waals surface area contributed by atoms with Crippen molar-refractivity contribution < 1.29 is 9.69 Å². The number of quaternary nitrogens is 1. The van der Waals surface area contributed by atoms with E-state index < -0.39 is 0 Å². The molecule has 2 N–H and O–H groups in total. The maximum atomic E-state index is 12.3. The van der Waals surface area contributed by atoms with E-state index in [1.165, 1.54) is 40.9 Å². The zero-order chi connectivity index (χ0) is 20.2. The fourth-order valence-corrected chi connectivity index (χ4v) is 4.96. The molecule has 0 fully saturated rings. The summed E-state index contributed by atoms with van der Waals surface area (Å²) in [6.45, 7) is 2.92. The van der Waals surface area contributed by atoms with Gasteiger partial charge in [0.2, 0.25) is 5.91 Å². The second-order valence-electron chi connectivity index (χ2n) is 7.99. The molecule has 1 aliphatic carbocycles. The van der Waals surface area contributed by atoms with Crippen molar-refractivity contribution in [2.75, 3.05) is 12.4 Å². The summed E-state index contributed by atoms with van der Waals surface area (Å²) in [7, 11) is 2.26. The molecule has 1 heterocycles. The first-order chi connectivity index (χ1) is 14.1. The first-order valence-corrected chi connectivity index (χ1v) is 11.2. The Morgan fingerprint density at radius 1 is 1.21 bits per heavy atom. The van der Waals surface area contributed by atoms with Gasteiger partial charge in [0.15, 0.2) is 0 Å². The van der Waals surface area contributed by atoms with Crippen LogP contribution in [0.4, 0.5) is 5.69 Å². The molecule has 0 aliphatic heterocycles. The van der Waals surface area contributed by atoms with E-state index in [0.29, 0.717) is 12.5 Å². The number of carbonyl (C=O) groups is 1. The van der Waals surface area contributed by atoms with Crippen LogP contribution in [0.3, 0.4) is 0 Å². The van der Waals surface area contributed by atoms with Gasteiger partial charge in [-0.15, -0.1) is 11.3 Å². The Labute approximate surface area is 176 Å². The number of rotatable bonds is 6. The van der Waals surface area contributed by atoms with E-state index in [2.05, 4.69) is 42.0 Å². The minimum Gasteiger partial charge on any atom is -0.326 e. The van der Waals surface area contributed by atoms with Gasteiger partial charge in [0.1, 0.15) is 23.3 Å². The Hall–Kier alpha value is -2.50. The van der Waals surface area contributed by atoms with Gasteiger partial charge in [-0.05, 0) is 37.5 Å². The van der Waals surface area contributed by atoms with Gasteiger partial charge in [0.05, 0.1) is 13.5 Å². The molecule has 1 unspecified atom stereocenters. The van der Waals surface area contributed by atoms with Crippen LogP contribution < -0.4 is 10.2 Å². The number of thiazole rings is 1. The Kier molecular flexibility index (Phi) is 6.07. The average Bonchev–Trinajstić information content (AvgIpc) is 3.15.